The van der Waals surface area contributed by atoms with E-state index in [0.717, 1.165) is 47.8 Å². The monoisotopic (exact) mass is 530 g/mol. The number of benzene rings is 2. The first-order chi connectivity index (χ1) is 14.6. The molecule has 160 valence electrons. The van der Waals surface area contributed by atoms with E-state index in [1.165, 1.54) is 36.8 Å². The van der Waals surface area contributed by atoms with Crippen LogP contribution in [0.2, 0.25) is 0 Å². The van der Waals surface area contributed by atoms with Crippen LogP contribution in [-0.4, -0.2) is 18.0 Å². The molecule has 2 aromatic rings. The van der Waals surface area contributed by atoms with Crippen molar-refractivity contribution in [3.05, 3.63) is 68.6 Å². The van der Waals surface area contributed by atoms with Crippen molar-refractivity contribution in [3.63, 3.8) is 0 Å². The van der Waals surface area contributed by atoms with E-state index in [-0.39, 0.29) is 5.41 Å². The Kier molecular flexibility index (Phi) is 8.98. The van der Waals surface area contributed by atoms with Gasteiger partial charge in [0.25, 0.3) is 0 Å². The molecule has 30 heavy (non-hydrogen) atoms. The molecule has 1 aliphatic rings. The minimum Gasteiger partial charge on any atom is -0.299 e. The molecule has 1 aliphatic carbocycles. The van der Waals surface area contributed by atoms with Crippen molar-refractivity contribution in [1.82, 2.24) is 4.90 Å². The summed E-state index contributed by atoms with van der Waals surface area (Å²) in [6.07, 6.45) is 7.97. The first-order valence-corrected chi connectivity index (χ1v) is 12.8. The molecule has 0 saturated heterocycles. The van der Waals surface area contributed by atoms with Gasteiger partial charge in [0.1, 0.15) is 0 Å². The van der Waals surface area contributed by atoms with E-state index in [0.29, 0.717) is 5.92 Å². The predicted molar refractivity (Wildman–Crippen MR) is 132 cm³/mol. The smallest absolute Gasteiger partial charge is 0.0851 e. The van der Waals surface area contributed by atoms with Gasteiger partial charge < -0.3 is 0 Å². The van der Waals surface area contributed by atoms with Gasteiger partial charge in [-0.25, -0.2) is 0 Å². The molecule has 0 aromatic heterocycles. The summed E-state index contributed by atoms with van der Waals surface area (Å²) in [5, 5.41) is 10.5. The van der Waals surface area contributed by atoms with Crippen LogP contribution in [0.15, 0.2) is 57.5 Å². The van der Waals surface area contributed by atoms with E-state index in [2.05, 4.69) is 98.3 Å². The molecular formula is C26H32Br2N2. The van der Waals surface area contributed by atoms with E-state index in [4.69, 9.17) is 0 Å². The van der Waals surface area contributed by atoms with Crippen LogP contribution >= 0.6 is 31.9 Å². The summed E-state index contributed by atoms with van der Waals surface area (Å²) in [5.74, 6) is 0.462. The molecule has 4 heteroatoms. The maximum absolute atomic E-state index is 10.5. The number of nitriles is 1. The number of halogens is 2. The van der Waals surface area contributed by atoms with Crippen LogP contribution in [0.5, 0.6) is 0 Å². The van der Waals surface area contributed by atoms with E-state index in [1.807, 2.05) is 0 Å². The lowest BCUT2D eigenvalue weighted by molar-refractivity contribution is 0.238. The molecule has 0 N–H and O–H groups in total. The average Bonchev–Trinajstić information content (AvgIpc) is 3.30. The second-order valence-electron chi connectivity index (χ2n) is 8.56. The molecule has 0 heterocycles. The van der Waals surface area contributed by atoms with Crippen LogP contribution in [0, 0.1) is 17.2 Å². The molecule has 0 amide bonds. The Morgan fingerprint density at radius 1 is 1.03 bits per heavy atom. The van der Waals surface area contributed by atoms with Gasteiger partial charge in [0, 0.05) is 15.5 Å². The fraction of sp³-hybridized carbons (Fsp3) is 0.500. The van der Waals surface area contributed by atoms with Gasteiger partial charge >= 0.3 is 0 Å². The lowest BCUT2D eigenvalue weighted by Gasteiger charge is -2.34. The summed E-state index contributed by atoms with van der Waals surface area (Å²) in [6, 6.07) is 20.0. The van der Waals surface area contributed by atoms with Crippen molar-refractivity contribution in [2.24, 2.45) is 5.92 Å². The summed E-state index contributed by atoms with van der Waals surface area (Å²) >= 11 is 7.25. The molecule has 2 nitrogen and oxygen atoms in total. The molecule has 0 spiro atoms. The van der Waals surface area contributed by atoms with E-state index < -0.39 is 0 Å². The van der Waals surface area contributed by atoms with Crippen LogP contribution < -0.4 is 0 Å². The van der Waals surface area contributed by atoms with Gasteiger partial charge in [-0.1, -0.05) is 56.2 Å². The Morgan fingerprint density at radius 3 is 2.40 bits per heavy atom. The molecule has 1 unspecified atom stereocenters. The fourth-order valence-electron chi connectivity index (χ4n) is 5.00. The molecule has 1 saturated carbocycles. The molecule has 1 atom stereocenters. The van der Waals surface area contributed by atoms with Crippen molar-refractivity contribution < 1.29 is 0 Å². The zero-order valence-corrected chi connectivity index (χ0v) is 21.1. The molecule has 1 fully saturated rings. The Balaban J connectivity index is 1.75. The van der Waals surface area contributed by atoms with Gasteiger partial charge in [0.2, 0.25) is 0 Å². The molecular weight excluding hydrogens is 500 g/mol. The van der Waals surface area contributed by atoms with E-state index in [9.17, 15) is 5.26 Å². The largest absolute Gasteiger partial charge is 0.299 e. The molecule has 2 aromatic carbocycles. The SMILES string of the molecule is CCCN(CCCC(C#N)(c1ccc(Br)c(Br)c1)C1CCCC1)Cc1ccccc1. The quantitative estimate of drug-likeness (QED) is 0.312. The number of rotatable bonds is 10. The summed E-state index contributed by atoms with van der Waals surface area (Å²) in [6.45, 7) is 5.37. The zero-order chi connectivity index (χ0) is 21.4. The van der Waals surface area contributed by atoms with Crippen molar-refractivity contribution in [1.29, 1.82) is 5.26 Å². The number of hydrogen-bond donors (Lipinski definition) is 0. The topological polar surface area (TPSA) is 27.0 Å². The van der Waals surface area contributed by atoms with Gasteiger partial charge in [-0.3, -0.25) is 4.90 Å². The van der Waals surface area contributed by atoms with Gasteiger partial charge in [-0.2, -0.15) is 5.26 Å². The van der Waals surface area contributed by atoms with Crippen LogP contribution in [0.4, 0.5) is 0 Å². The standard InChI is InChI=1S/C26H32Br2N2/c1-2-16-30(19-21-9-4-3-5-10-21)17-8-15-26(20-29,22-11-6-7-12-22)23-13-14-24(27)25(28)18-23/h3-5,9-10,13-14,18,22H,2,6-8,11-12,15-17,19H2,1H3. The second-order valence-corrected chi connectivity index (χ2v) is 10.3. The van der Waals surface area contributed by atoms with Gasteiger partial charge in [0.05, 0.1) is 11.5 Å². The lowest BCUT2D eigenvalue weighted by Crippen LogP contribution is -2.34. The lowest BCUT2D eigenvalue weighted by atomic mass is 9.67. The summed E-state index contributed by atoms with van der Waals surface area (Å²) < 4.78 is 2.08. The summed E-state index contributed by atoms with van der Waals surface area (Å²) in [7, 11) is 0. The Labute approximate surface area is 198 Å². The Morgan fingerprint density at radius 2 is 1.77 bits per heavy atom. The Hall–Kier alpha value is -1.15. The highest BCUT2D eigenvalue weighted by molar-refractivity contribution is 9.13. The fourth-order valence-corrected chi connectivity index (χ4v) is 5.62. The maximum Gasteiger partial charge on any atom is 0.0851 e. The third kappa shape index (κ3) is 5.75. The number of hydrogen-bond acceptors (Lipinski definition) is 2. The third-order valence-corrected chi connectivity index (χ3v) is 8.40. The molecule has 0 bridgehead atoms. The number of nitrogens with zero attached hydrogens (tertiary/aromatic N) is 2. The van der Waals surface area contributed by atoms with Gasteiger partial charge in [-0.05, 0) is 106 Å². The van der Waals surface area contributed by atoms with Gasteiger partial charge in [-0.15, -0.1) is 0 Å². The van der Waals surface area contributed by atoms with Crippen molar-refractivity contribution >= 4 is 31.9 Å². The van der Waals surface area contributed by atoms with Crippen molar-refractivity contribution in [2.75, 3.05) is 13.1 Å². The van der Waals surface area contributed by atoms with Gasteiger partial charge in [0.15, 0.2) is 0 Å². The van der Waals surface area contributed by atoms with Crippen molar-refractivity contribution in [2.45, 2.75) is 63.8 Å². The maximum atomic E-state index is 10.5. The highest BCUT2D eigenvalue weighted by atomic mass is 79.9. The van der Waals surface area contributed by atoms with Crippen LogP contribution in [0.3, 0.4) is 0 Å². The van der Waals surface area contributed by atoms with Crippen LogP contribution in [0.1, 0.15) is 63.0 Å². The second kappa shape index (κ2) is 11.5. The van der Waals surface area contributed by atoms with E-state index in [1.54, 1.807) is 0 Å². The zero-order valence-electron chi connectivity index (χ0n) is 17.9. The summed E-state index contributed by atoms with van der Waals surface area (Å²) in [5.41, 5.74) is 2.16. The average molecular weight is 532 g/mol. The first-order valence-electron chi connectivity index (χ1n) is 11.2. The third-order valence-electron chi connectivity index (χ3n) is 6.52. The predicted octanol–water partition coefficient (Wildman–Crippen LogP) is 7.86. The molecule has 0 radical (unpaired) electrons. The Bertz CT molecular complexity index is 840. The van der Waals surface area contributed by atoms with Crippen LogP contribution in [0.25, 0.3) is 0 Å². The minimum absolute atomic E-state index is 0.385. The highest BCUT2D eigenvalue weighted by Crippen LogP contribution is 2.46. The highest BCUT2D eigenvalue weighted by Gasteiger charge is 2.41. The van der Waals surface area contributed by atoms with Crippen LogP contribution in [-0.2, 0) is 12.0 Å². The summed E-state index contributed by atoms with van der Waals surface area (Å²) in [4.78, 5) is 2.55. The molecule has 3 rings (SSSR count). The normalized spacial score (nSPS) is 16.5. The molecule has 0 aliphatic heterocycles. The van der Waals surface area contributed by atoms with Crippen molar-refractivity contribution in [3.8, 4) is 6.07 Å². The first kappa shape index (κ1) is 23.5. The van der Waals surface area contributed by atoms with E-state index >= 15 is 0 Å². The minimum atomic E-state index is -0.385.